The first-order valence-electron chi connectivity index (χ1n) is 4.92. The standard InChI is InChI=1S/C11H13FO4S/c12-9-2-7(1-8(3-9)11(15)16)5-17-6-10(14)4-13/h1-3,10,13-14H,4-6H2,(H,15,16). The topological polar surface area (TPSA) is 77.8 Å². The molecule has 0 saturated carbocycles. The van der Waals surface area contributed by atoms with E-state index in [4.69, 9.17) is 15.3 Å². The van der Waals surface area contributed by atoms with Gasteiger partial charge in [0.05, 0.1) is 18.3 Å². The summed E-state index contributed by atoms with van der Waals surface area (Å²) in [6.07, 6.45) is -0.812. The van der Waals surface area contributed by atoms with E-state index in [1.54, 1.807) is 0 Å². The van der Waals surface area contributed by atoms with Crippen LogP contribution in [0.15, 0.2) is 18.2 Å². The number of benzene rings is 1. The van der Waals surface area contributed by atoms with Gasteiger partial charge >= 0.3 is 5.97 Å². The zero-order valence-corrected chi connectivity index (χ0v) is 9.78. The second kappa shape index (κ2) is 6.58. The SMILES string of the molecule is O=C(O)c1cc(F)cc(CSCC(O)CO)c1. The Morgan fingerprint density at radius 3 is 2.71 bits per heavy atom. The number of aliphatic hydroxyl groups excluding tert-OH is 2. The maximum Gasteiger partial charge on any atom is 0.335 e. The van der Waals surface area contributed by atoms with E-state index in [9.17, 15) is 9.18 Å². The van der Waals surface area contributed by atoms with Gasteiger partial charge in [-0.3, -0.25) is 0 Å². The molecule has 0 spiro atoms. The molecule has 1 atom stereocenters. The molecule has 0 aliphatic heterocycles. The predicted molar refractivity (Wildman–Crippen MR) is 62.6 cm³/mol. The van der Waals surface area contributed by atoms with Crippen molar-refractivity contribution < 1.29 is 24.5 Å². The quantitative estimate of drug-likeness (QED) is 0.714. The van der Waals surface area contributed by atoms with E-state index in [0.717, 1.165) is 6.07 Å². The van der Waals surface area contributed by atoms with Crippen LogP contribution in [0, 0.1) is 5.82 Å². The summed E-state index contributed by atoms with van der Waals surface area (Å²) in [4.78, 5) is 10.7. The van der Waals surface area contributed by atoms with Gasteiger partial charge in [0.15, 0.2) is 0 Å². The van der Waals surface area contributed by atoms with Gasteiger partial charge in [-0.2, -0.15) is 11.8 Å². The van der Waals surface area contributed by atoms with Crippen LogP contribution < -0.4 is 0 Å². The normalized spacial score (nSPS) is 12.4. The van der Waals surface area contributed by atoms with Crippen molar-refractivity contribution in [2.75, 3.05) is 12.4 Å². The molecular weight excluding hydrogens is 247 g/mol. The Morgan fingerprint density at radius 2 is 2.12 bits per heavy atom. The summed E-state index contributed by atoms with van der Waals surface area (Å²) in [5, 5.41) is 26.4. The summed E-state index contributed by atoms with van der Waals surface area (Å²) in [5.41, 5.74) is 0.445. The summed E-state index contributed by atoms with van der Waals surface area (Å²) in [5.74, 6) is -1.07. The number of aromatic carboxylic acids is 1. The first kappa shape index (κ1) is 14.0. The number of carboxylic acid groups (broad SMARTS) is 1. The average Bonchev–Trinajstić information content (AvgIpc) is 2.28. The van der Waals surface area contributed by atoms with E-state index in [-0.39, 0.29) is 12.2 Å². The third-order valence-corrected chi connectivity index (χ3v) is 3.15. The highest BCUT2D eigenvalue weighted by Gasteiger charge is 2.08. The molecular formula is C11H13FO4S. The highest BCUT2D eigenvalue weighted by atomic mass is 32.2. The predicted octanol–water partition coefficient (Wildman–Crippen LogP) is 1.11. The number of halogens is 1. The zero-order chi connectivity index (χ0) is 12.8. The van der Waals surface area contributed by atoms with Crippen molar-refractivity contribution >= 4 is 17.7 Å². The van der Waals surface area contributed by atoms with Gasteiger partial charge in [0.25, 0.3) is 0 Å². The highest BCUT2D eigenvalue weighted by molar-refractivity contribution is 7.98. The van der Waals surface area contributed by atoms with Crippen molar-refractivity contribution in [3.05, 3.63) is 35.1 Å². The molecule has 0 aliphatic carbocycles. The lowest BCUT2D eigenvalue weighted by Crippen LogP contribution is -2.14. The van der Waals surface area contributed by atoms with Gasteiger partial charge < -0.3 is 15.3 Å². The van der Waals surface area contributed by atoms with Crippen LogP contribution in [-0.2, 0) is 5.75 Å². The van der Waals surface area contributed by atoms with Crippen molar-refractivity contribution in [3.8, 4) is 0 Å². The molecule has 0 radical (unpaired) electrons. The minimum Gasteiger partial charge on any atom is -0.478 e. The summed E-state index contributed by atoms with van der Waals surface area (Å²) >= 11 is 1.30. The number of carboxylic acids is 1. The van der Waals surface area contributed by atoms with Crippen LogP contribution in [0.5, 0.6) is 0 Å². The van der Waals surface area contributed by atoms with Crippen molar-refractivity contribution in [2.45, 2.75) is 11.9 Å². The summed E-state index contributed by atoms with van der Waals surface area (Å²) in [6, 6.07) is 3.60. The van der Waals surface area contributed by atoms with E-state index in [1.807, 2.05) is 0 Å². The van der Waals surface area contributed by atoms with Crippen LogP contribution >= 0.6 is 11.8 Å². The molecule has 0 saturated heterocycles. The molecule has 4 nitrogen and oxygen atoms in total. The Bertz CT molecular complexity index is 397. The van der Waals surface area contributed by atoms with Gasteiger partial charge in [0, 0.05) is 11.5 Å². The van der Waals surface area contributed by atoms with Crippen LogP contribution in [0.4, 0.5) is 4.39 Å². The molecule has 1 aromatic rings. The summed E-state index contributed by atoms with van der Waals surface area (Å²) < 4.78 is 13.1. The fourth-order valence-electron chi connectivity index (χ4n) is 1.22. The lowest BCUT2D eigenvalue weighted by Gasteiger charge is -2.07. The Morgan fingerprint density at radius 1 is 1.41 bits per heavy atom. The fourth-order valence-corrected chi connectivity index (χ4v) is 2.12. The van der Waals surface area contributed by atoms with Gasteiger partial charge in [0.2, 0.25) is 0 Å². The maximum absolute atomic E-state index is 13.1. The van der Waals surface area contributed by atoms with Crippen LogP contribution in [0.2, 0.25) is 0 Å². The lowest BCUT2D eigenvalue weighted by molar-refractivity contribution is 0.0696. The molecule has 0 aromatic heterocycles. The number of carbonyl (C=O) groups is 1. The molecule has 0 fully saturated rings. The van der Waals surface area contributed by atoms with Gasteiger partial charge in [-0.15, -0.1) is 0 Å². The molecule has 0 heterocycles. The molecule has 0 aliphatic rings. The lowest BCUT2D eigenvalue weighted by atomic mass is 10.1. The number of aliphatic hydroxyl groups is 2. The van der Waals surface area contributed by atoms with Gasteiger partial charge in [-0.25, -0.2) is 9.18 Å². The van der Waals surface area contributed by atoms with Gasteiger partial charge in [-0.1, -0.05) is 0 Å². The second-order valence-electron chi connectivity index (χ2n) is 3.50. The fraction of sp³-hybridized carbons (Fsp3) is 0.364. The van der Waals surface area contributed by atoms with E-state index in [0.29, 0.717) is 17.1 Å². The molecule has 3 N–H and O–H groups in total. The number of hydrogen-bond acceptors (Lipinski definition) is 4. The van der Waals surface area contributed by atoms with E-state index in [1.165, 1.54) is 23.9 Å². The van der Waals surface area contributed by atoms with Crippen LogP contribution in [0.1, 0.15) is 15.9 Å². The van der Waals surface area contributed by atoms with Crippen molar-refractivity contribution in [3.63, 3.8) is 0 Å². The van der Waals surface area contributed by atoms with Crippen molar-refractivity contribution in [2.24, 2.45) is 0 Å². The number of hydrogen-bond donors (Lipinski definition) is 3. The Labute approximate surface area is 102 Å². The molecule has 0 bridgehead atoms. The minimum absolute atomic E-state index is 0.0942. The molecule has 1 unspecified atom stereocenters. The monoisotopic (exact) mass is 260 g/mol. The van der Waals surface area contributed by atoms with Crippen LogP contribution in [-0.4, -0.2) is 39.8 Å². The van der Waals surface area contributed by atoms with Crippen molar-refractivity contribution in [1.82, 2.24) is 0 Å². The smallest absolute Gasteiger partial charge is 0.335 e. The Kier molecular flexibility index (Phi) is 5.40. The second-order valence-corrected chi connectivity index (χ2v) is 4.54. The zero-order valence-electron chi connectivity index (χ0n) is 8.97. The molecule has 17 heavy (non-hydrogen) atoms. The molecule has 6 heteroatoms. The van der Waals surface area contributed by atoms with Gasteiger partial charge in [0.1, 0.15) is 5.82 Å². The summed E-state index contributed by atoms with van der Waals surface area (Å²) in [7, 11) is 0. The number of thioether (sulfide) groups is 1. The van der Waals surface area contributed by atoms with Crippen LogP contribution in [0.25, 0.3) is 0 Å². The molecule has 1 rings (SSSR count). The third-order valence-electron chi connectivity index (χ3n) is 1.99. The first-order valence-corrected chi connectivity index (χ1v) is 6.08. The summed E-state index contributed by atoms with van der Waals surface area (Å²) in [6.45, 7) is -0.323. The van der Waals surface area contributed by atoms with E-state index < -0.39 is 17.9 Å². The average molecular weight is 260 g/mol. The Balaban J connectivity index is 2.62. The van der Waals surface area contributed by atoms with Crippen LogP contribution in [0.3, 0.4) is 0 Å². The molecule has 94 valence electrons. The molecule has 1 aromatic carbocycles. The largest absolute Gasteiger partial charge is 0.478 e. The third kappa shape index (κ3) is 4.72. The van der Waals surface area contributed by atoms with E-state index in [2.05, 4.69) is 0 Å². The van der Waals surface area contributed by atoms with Crippen molar-refractivity contribution in [1.29, 1.82) is 0 Å². The van der Waals surface area contributed by atoms with Gasteiger partial charge in [-0.05, 0) is 23.8 Å². The first-order chi connectivity index (χ1) is 8.02. The van der Waals surface area contributed by atoms with E-state index >= 15 is 0 Å². The highest BCUT2D eigenvalue weighted by Crippen LogP contribution is 2.16. The maximum atomic E-state index is 13.1. The Hall–Kier alpha value is -1.11. The number of rotatable bonds is 6. The molecule has 0 amide bonds. The minimum atomic E-state index is -1.17.